The number of aryl methyl sites for hydroxylation is 2. The molecule has 1 rings (SSSR count). The first-order valence-corrected chi connectivity index (χ1v) is 6.94. The Morgan fingerprint density at radius 2 is 2.16 bits per heavy atom. The molecular formula is C13H22ClN3O2. The molecule has 0 bridgehead atoms. The van der Waals surface area contributed by atoms with E-state index in [0.29, 0.717) is 11.6 Å². The fourth-order valence-electron chi connectivity index (χ4n) is 2.15. The summed E-state index contributed by atoms with van der Waals surface area (Å²) in [5.74, 6) is -0.781. The molecule has 1 atom stereocenters. The molecule has 0 radical (unpaired) electrons. The van der Waals surface area contributed by atoms with Crippen molar-refractivity contribution in [2.45, 2.75) is 46.2 Å². The fourth-order valence-corrected chi connectivity index (χ4v) is 2.50. The number of aliphatic carboxylic acids is 1. The number of carbonyl (C=O) groups is 1. The van der Waals surface area contributed by atoms with Crippen molar-refractivity contribution in [3.8, 4) is 0 Å². The summed E-state index contributed by atoms with van der Waals surface area (Å²) in [4.78, 5) is 12.9. The molecule has 0 fully saturated rings. The van der Waals surface area contributed by atoms with Crippen molar-refractivity contribution in [3.05, 3.63) is 16.4 Å². The highest BCUT2D eigenvalue weighted by atomic mass is 35.5. The van der Waals surface area contributed by atoms with E-state index < -0.39 is 5.97 Å². The smallest absolute Gasteiger partial charge is 0.304 e. The molecule has 1 unspecified atom stereocenters. The first-order chi connectivity index (χ1) is 8.90. The first-order valence-electron chi connectivity index (χ1n) is 6.56. The fraction of sp³-hybridized carbons (Fsp3) is 0.692. The SMILES string of the molecule is CCc1nn(C)c(CN(CC)C(C)CC(=O)O)c1Cl. The number of nitrogens with zero attached hydrogens (tertiary/aromatic N) is 3. The van der Waals surface area contributed by atoms with E-state index >= 15 is 0 Å². The van der Waals surface area contributed by atoms with Crippen LogP contribution in [0.2, 0.25) is 5.02 Å². The van der Waals surface area contributed by atoms with Crippen LogP contribution < -0.4 is 0 Å². The van der Waals surface area contributed by atoms with Gasteiger partial charge in [0.15, 0.2) is 0 Å². The highest BCUT2D eigenvalue weighted by Gasteiger charge is 2.20. The summed E-state index contributed by atoms with van der Waals surface area (Å²) in [6.45, 7) is 7.35. The van der Waals surface area contributed by atoms with Gasteiger partial charge in [-0.25, -0.2) is 0 Å². The second-order valence-corrected chi connectivity index (χ2v) is 5.07. The van der Waals surface area contributed by atoms with Crippen molar-refractivity contribution in [2.24, 2.45) is 7.05 Å². The predicted octanol–water partition coefficient (Wildman–Crippen LogP) is 2.32. The minimum Gasteiger partial charge on any atom is -0.481 e. The Balaban J connectivity index is 2.86. The molecule has 1 heterocycles. The summed E-state index contributed by atoms with van der Waals surface area (Å²) in [6, 6.07) is -0.0291. The molecule has 5 nitrogen and oxygen atoms in total. The second-order valence-electron chi connectivity index (χ2n) is 4.69. The quantitative estimate of drug-likeness (QED) is 0.836. The van der Waals surface area contributed by atoms with Crippen molar-refractivity contribution >= 4 is 17.6 Å². The van der Waals surface area contributed by atoms with Crippen LogP contribution in [0.25, 0.3) is 0 Å². The van der Waals surface area contributed by atoms with Crippen LogP contribution in [0.5, 0.6) is 0 Å². The van der Waals surface area contributed by atoms with E-state index in [1.54, 1.807) is 4.68 Å². The average Bonchev–Trinajstić information content (AvgIpc) is 2.61. The van der Waals surface area contributed by atoms with Gasteiger partial charge in [-0.1, -0.05) is 25.4 Å². The third kappa shape index (κ3) is 3.94. The molecule has 108 valence electrons. The monoisotopic (exact) mass is 287 g/mol. The molecule has 1 N–H and O–H groups in total. The molecule has 6 heteroatoms. The summed E-state index contributed by atoms with van der Waals surface area (Å²) in [7, 11) is 1.87. The van der Waals surface area contributed by atoms with Gasteiger partial charge in [-0.3, -0.25) is 14.4 Å². The molecule has 0 amide bonds. The Kier molecular flexibility index (Phi) is 5.82. The summed E-state index contributed by atoms with van der Waals surface area (Å²) in [5.41, 5.74) is 1.83. The number of aromatic nitrogens is 2. The van der Waals surface area contributed by atoms with E-state index in [1.807, 2.05) is 27.8 Å². The summed E-state index contributed by atoms with van der Waals surface area (Å²) >= 11 is 6.31. The Morgan fingerprint density at radius 1 is 1.53 bits per heavy atom. The Labute approximate surface area is 119 Å². The van der Waals surface area contributed by atoms with E-state index in [4.69, 9.17) is 16.7 Å². The lowest BCUT2D eigenvalue weighted by Crippen LogP contribution is -2.34. The van der Waals surface area contributed by atoms with Crippen LogP contribution in [0.15, 0.2) is 0 Å². The standard InChI is InChI=1S/C13H22ClN3O2/c1-5-10-13(14)11(16(4)15-10)8-17(6-2)9(3)7-12(18)19/h9H,5-8H2,1-4H3,(H,18,19). The van der Waals surface area contributed by atoms with E-state index in [9.17, 15) is 4.79 Å². The molecule has 0 aliphatic heterocycles. The van der Waals surface area contributed by atoms with Gasteiger partial charge < -0.3 is 5.11 Å². The van der Waals surface area contributed by atoms with Crippen LogP contribution in [0.3, 0.4) is 0 Å². The van der Waals surface area contributed by atoms with Gasteiger partial charge in [-0.2, -0.15) is 5.10 Å². The van der Waals surface area contributed by atoms with Gasteiger partial charge in [-0.05, 0) is 19.9 Å². The maximum absolute atomic E-state index is 10.8. The molecule has 19 heavy (non-hydrogen) atoms. The lowest BCUT2D eigenvalue weighted by atomic mass is 10.2. The van der Waals surface area contributed by atoms with Crippen LogP contribution in [0, 0.1) is 0 Å². The van der Waals surface area contributed by atoms with Crippen LogP contribution >= 0.6 is 11.6 Å². The Bertz CT molecular complexity index is 445. The van der Waals surface area contributed by atoms with Crippen LogP contribution in [-0.2, 0) is 24.8 Å². The lowest BCUT2D eigenvalue weighted by molar-refractivity contribution is -0.138. The number of hydrogen-bond acceptors (Lipinski definition) is 3. The normalized spacial score (nSPS) is 12.9. The molecule has 0 saturated carbocycles. The predicted molar refractivity (Wildman–Crippen MR) is 75.4 cm³/mol. The molecule has 0 aliphatic rings. The largest absolute Gasteiger partial charge is 0.481 e. The minimum atomic E-state index is -0.781. The second kappa shape index (κ2) is 6.91. The van der Waals surface area contributed by atoms with E-state index in [0.717, 1.165) is 24.4 Å². The minimum absolute atomic E-state index is 0.0291. The molecular weight excluding hydrogens is 266 g/mol. The van der Waals surface area contributed by atoms with Crippen LogP contribution in [0.4, 0.5) is 0 Å². The van der Waals surface area contributed by atoms with Gasteiger partial charge in [0.2, 0.25) is 0 Å². The van der Waals surface area contributed by atoms with Crippen molar-refractivity contribution < 1.29 is 9.90 Å². The van der Waals surface area contributed by atoms with Gasteiger partial charge >= 0.3 is 5.97 Å². The van der Waals surface area contributed by atoms with E-state index in [2.05, 4.69) is 10.00 Å². The zero-order chi connectivity index (χ0) is 14.6. The summed E-state index contributed by atoms with van der Waals surface area (Å²) in [6.07, 6.45) is 0.924. The number of carboxylic acids is 1. The van der Waals surface area contributed by atoms with Crippen molar-refractivity contribution in [1.29, 1.82) is 0 Å². The molecule has 1 aromatic heterocycles. The maximum Gasteiger partial charge on any atom is 0.304 e. The van der Waals surface area contributed by atoms with Crippen LogP contribution in [-0.4, -0.2) is 38.3 Å². The molecule has 1 aromatic rings. The average molecular weight is 288 g/mol. The Morgan fingerprint density at radius 3 is 2.58 bits per heavy atom. The molecule has 0 saturated heterocycles. The molecule has 0 aliphatic carbocycles. The van der Waals surface area contributed by atoms with Gasteiger partial charge in [0.1, 0.15) is 0 Å². The third-order valence-corrected chi connectivity index (χ3v) is 3.79. The van der Waals surface area contributed by atoms with E-state index in [-0.39, 0.29) is 12.5 Å². The zero-order valence-electron chi connectivity index (χ0n) is 12.0. The Hall–Kier alpha value is -1.07. The molecule has 0 aromatic carbocycles. The maximum atomic E-state index is 10.8. The third-order valence-electron chi connectivity index (χ3n) is 3.36. The first kappa shape index (κ1) is 16.0. The highest BCUT2D eigenvalue weighted by molar-refractivity contribution is 6.31. The number of hydrogen-bond donors (Lipinski definition) is 1. The number of halogens is 1. The van der Waals surface area contributed by atoms with Crippen molar-refractivity contribution in [2.75, 3.05) is 6.54 Å². The van der Waals surface area contributed by atoms with Gasteiger partial charge in [0.05, 0.1) is 22.8 Å². The zero-order valence-corrected chi connectivity index (χ0v) is 12.7. The van der Waals surface area contributed by atoms with Gasteiger partial charge in [-0.15, -0.1) is 0 Å². The number of carboxylic acid groups (broad SMARTS) is 1. The van der Waals surface area contributed by atoms with Crippen molar-refractivity contribution in [1.82, 2.24) is 14.7 Å². The van der Waals surface area contributed by atoms with Gasteiger partial charge in [0, 0.05) is 19.6 Å². The van der Waals surface area contributed by atoms with Crippen LogP contribution in [0.1, 0.15) is 38.6 Å². The molecule has 0 spiro atoms. The summed E-state index contributed by atoms with van der Waals surface area (Å²) < 4.78 is 1.79. The van der Waals surface area contributed by atoms with Crippen molar-refractivity contribution in [3.63, 3.8) is 0 Å². The topological polar surface area (TPSA) is 58.4 Å². The number of rotatable bonds is 7. The van der Waals surface area contributed by atoms with E-state index in [1.165, 1.54) is 0 Å². The highest BCUT2D eigenvalue weighted by Crippen LogP contribution is 2.23. The summed E-state index contributed by atoms with van der Waals surface area (Å²) in [5, 5.41) is 14.0. The lowest BCUT2D eigenvalue weighted by Gasteiger charge is -2.26. The van der Waals surface area contributed by atoms with Gasteiger partial charge in [0.25, 0.3) is 0 Å².